The zero-order valence-corrected chi connectivity index (χ0v) is 19.9. The molecule has 0 bridgehead atoms. The molecule has 1 heterocycles. The molecule has 0 aromatic carbocycles. The molecule has 14 heteroatoms. The first kappa shape index (κ1) is 28.9. The summed E-state index contributed by atoms with van der Waals surface area (Å²) in [6, 6.07) is -4.69. The predicted octanol–water partition coefficient (Wildman–Crippen LogP) is -1.34. The molecule has 4 atom stereocenters. The van der Waals surface area contributed by atoms with Crippen molar-refractivity contribution in [1.82, 2.24) is 25.9 Å². The van der Waals surface area contributed by atoms with Crippen molar-refractivity contribution in [2.75, 3.05) is 5.75 Å². The van der Waals surface area contributed by atoms with Gasteiger partial charge in [0.2, 0.25) is 17.7 Å². The molecule has 0 saturated carbocycles. The topological polar surface area (TPSA) is 217 Å². The van der Waals surface area contributed by atoms with Crippen molar-refractivity contribution >= 4 is 42.3 Å². The Morgan fingerprint density at radius 2 is 1.62 bits per heavy atom. The second-order valence-corrected chi connectivity index (χ2v) is 8.52. The van der Waals surface area contributed by atoms with Crippen LogP contribution in [-0.2, 0) is 30.4 Å². The van der Waals surface area contributed by atoms with Crippen LogP contribution in [0.1, 0.15) is 38.8 Å². The highest BCUT2D eigenvalue weighted by Crippen LogP contribution is 2.09. The number of aromatic amines is 1. The Morgan fingerprint density at radius 1 is 1.03 bits per heavy atom. The van der Waals surface area contributed by atoms with Crippen molar-refractivity contribution in [1.29, 1.82) is 0 Å². The van der Waals surface area contributed by atoms with Crippen molar-refractivity contribution in [2.24, 2.45) is 11.7 Å². The highest BCUT2D eigenvalue weighted by molar-refractivity contribution is 7.80. The van der Waals surface area contributed by atoms with E-state index in [1.165, 1.54) is 12.5 Å². The number of imidazole rings is 1. The van der Waals surface area contributed by atoms with Crippen LogP contribution in [0, 0.1) is 5.92 Å². The normalized spacial score (nSPS) is 14.5. The van der Waals surface area contributed by atoms with Crippen LogP contribution in [0.5, 0.6) is 0 Å². The minimum Gasteiger partial charge on any atom is -0.481 e. The Morgan fingerprint density at radius 3 is 2.12 bits per heavy atom. The molecule has 1 rings (SSSR count). The van der Waals surface area contributed by atoms with Crippen LogP contribution in [0.2, 0.25) is 0 Å². The second kappa shape index (κ2) is 14.2. The fourth-order valence-electron chi connectivity index (χ4n) is 2.96. The zero-order valence-electron chi connectivity index (χ0n) is 19.0. The number of nitrogens with zero attached hydrogens (tertiary/aromatic N) is 1. The van der Waals surface area contributed by atoms with Crippen LogP contribution in [0.25, 0.3) is 0 Å². The number of amides is 3. The fraction of sp³-hybridized carbons (Fsp3) is 0.600. The number of nitrogens with one attached hydrogen (secondary N) is 4. The first-order valence-corrected chi connectivity index (χ1v) is 11.3. The number of carboxylic acids is 2. The number of hydrogen-bond acceptors (Lipinski definition) is 8. The minimum atomic E-state index is -1.28. The van der Waals surface area contributed by atoms with E-state index in [-0.39, 0.29) is 30.9 Å². The molecule has 0 aliphatic carbocycles. The van der Waals surface area contributed by atoms with Crippen LogP contribution in [0.15, 0.2) is 12.5 Å². The van der Waals surface area contributed by atoms with Gasteiger partial charge in [-0.15, -0.1) is 0 Å². The molecular formula is C20H32N6O7S. The second-order valence-electron chi connectivity index (χ2n) is 8.15. The number of carboxylic acid groups (broad SMARTS) is 2. The van der Waals surface area contributed by atoms with Crippen LogP contribution < -0.4 is 21.7 Å². The number of aromatic nitrogens is 2. The number of rotatable bonds is 15. The molecule has 1 aromatic heterocycles. The largest absolute Gasteiger partial charge is 0.481 e. The molecule has 0 aliphatic rings. The zero-order chi connectivity index (χ0) is 25.8. The van der Waals surface area contributed by atoms with Crippen LogP contribution in [0.3, 0.4) is 0 Å². The standard InChI is InChI=1S/C20H32N6O7S/c1-10(2)5-14(19(31)26-15(20(32)33)6-11-7-22-9-23-11)25-18(30)13(3-4-16(27)28)24-17(29)12(21)8-34/h7,9-10,12-15,34H,3-6,8,21H2,1-2H3,(H,22,23)(H,24,29)(H,25,30)(H,26,31)(H,27,28)(H,32,33). The maximum absolute atomic E-state index is 12.9. The summed E-state index contributed by atoms with van der Waals surface area (Å²) in [5.41, 5.74) is 6.11. The van der Waals surface area contributed by atoms with Crippen molar-refractivity contribution in [3.63, 3.8) is 0 Å². The van der Waals surface area contributed by atoms with E-state index >= 15 is 0 Å². The van der Waals surface area contributed by atoms with Gasteiger partial charge in [-0.25, -0.2) is 9.78 Å². The van der Waals surface area contributed by atoms with Gasteiger partial charge in [0.25, 0.3) is 0 Å². The van der Waals surface area contributed by atoms with E-state index < -0.39 is 60.2 Å². The number of aliphatic carboxylic acids is 2. The number of carbonyl (C=O) groups is 5. The van der Waals surface area contributed by atoms with Crippen LogP contribution in [-0.4, -0.2) is 79.8 Å². The third kappa shape index (κ3) is 10.2. The fourth-order valence-corrected chi connectivity index (χ4v) is 3.13. The van der Waals surface area contributed by atoms with Gasteiger partial charge < -0.3 is 36.9 Å². The molecule has 34 heavy (non-hydrogen) atoms. The average Bonchev–Trinajstić information content (AvgIpc) is 3.27. The third-order valence-electron chi connectivity index (χ3n) is 4.75. The smallest absolute Gasteiger partial charge is 0.326 e. The quantitative estimate of drug-likeness (QED) is 0.133. The predicted molar refractivity (Wildman–Crippen MR) is 124 cm³/mol. The highest BCUT2D eigenvalue weighted by atomic mass is 32.1. The summed E-state index contributed by atoms with van der Waals surface area (Å²) in [5, 5.41) is 25.8. The molecule has 0 aliphatic heterocycles. The molecule has 0 fully saturated rings. The summed E-state index contributed by atoms with van der Waals surface area (Å²) in [6.07, 6.45) is 2.27. The summed E-state index contributed by atoms with van der Waals surface area (Å²) < 4.78 is 0. The van der Waals surface area contributed by atoms with Crippen molar-refractivity contribution in [3.05, 3.63) is 18.2 Å². The van der Waals surface area contributed by atoms with E-state index in [0.29, 0.717) is 5.69 Å². The van der Waals surface area contributed by atoms with Gasteiger partial charge in [0.15, 0.2) is 0 Å². The number of nitrogens with two attached hydrogens (primary N) is 1. The Hall–Kier alpha value is -3.13. The monoisotopic (exact) mass is 500 g/mol. The molecule has 1 aromatic rings. The van der Waals surface area contributed by atoms with E-state index in [9.17, 15) is 29.1 Å². The van der Waals surface area contributed by atoms with E-state index in [1.807, 2.05) is 0 Å². The third-order valence-corrected chi connectivity index (χ3v) is 5.14. The van der Waals surface area contributed by atoms with Gasteiger partial charge in [-0.05, 0) is 18.8 Å². The molecule has 8 N–H and O–H groups in total. The lowest BCUT2D eigenvalue weighted by Crippen LogP contribution is -2.57. The van der Waals surface area contributed by atoms with Crippen LogP contribution in [0.4, 0.5) is 0 Å². The number of hydrogen-bond donors (Lipinski definition) is 8. The first-order chi connectivity index (χ1) is 15.9. The summed E-state index contributed by atoms with van der Waals surface area (Å²) in [6.45, 7) is 3.61. The molecule has 13 nitrogen and oxygen atoms in total. The lowest BCUT2D eigenvalue weighted by Gasteiger charge is -2.25. The Bertz CT molecular complexity index is 848. The van der Waals surface area contributed by atoms with Gasteiger partial charge in [0.05, 0.1) is 12.4 Å². The summed E-state index contributed by atoms with van der Waals surface area (Å²) in [5.74, 6) is -4.72. The number of H-pyrrole nitrogens is 1. The lowest BCUT2D eigenvalue weighted by molar-refractivity contribution is -0.142. The maximum Gasteiger partial charge on any atom is 0.326 e. The molecular weight excluding hydrogens is 468 g/mol. The van der Waals surface area contributed by atoms with Gasteiger partial charge in [-0.2, -0.15) is 12.6 Å². The first-order valence-electron chi connectivity index (χ1n) is 10.6. The summed E-state index contributed by atoms with van der Waals surface area (Å²) in [7, 11) is 0. The Labute approximate surface area is 202 Å². The van der Waals surface area contributed by atoms with E-state index in [1.54, 1.807) is 13.8 Å². The molecule has 3 amide bonds. The van der Waals surface area contributed by atoms with Gasteiger partial charge in [0.1, 0.15) is 18.1 Å². The van der Waals surface area contributed by atoms with Gasteiger partial charge in [-0.3, -0.25) is 19.2 Å². The number of carbonyl (C=O) groups excluding carboxylic acids is 3. The lowest BCUT2D eigenvalue weighted by atomic mass is 10.0. The molecule has 4 unspecified atom stereocenters. The molecule has 0 saturated heterocycles. The SMILES string of the molecule is CC(C)CC(NC(=O)C(CCC(=O)O)NC(=O)C(N)CS)C(=O)NC(Cc1cnc[nH]1)C(=O)O. The van der Waals surface area contributed by atoms with E-state index in [2.05, 4.69) is 38.5 Å². The maximum atomic E-state index is 12.9. The van der Waals surface area contributed by atoms with Gasteiger partial charge in [0, 0.05) is 30.5 Å². The van der Waals surface area contributed by atoms with Crippen molar-refractivity contribution < 1.29 is 34.2 Å². The average molecular weight is 501 g/mol. The van der Waals surface area contributed by atoms with Crippen molar-refractivity contribution in [3.8, 4) is 0 Å². The van der Waals surface area contributed by atoms with Gasteiger partial charge >= 0.3 is 11.9 Å². The molecule has 0 spiro atoms. The van der Waals surface area contributed by atoms with Crippen LogP contribution >= 0.6 is 12.6 Å². The van der Waals surface area contributed by atoms with Crippen molar-refractivity contribution in [2.45, 2.75) is 63.7 Å². The Balaban J connectivity index is 2.98. The summed E-state index contributed by atoms with van der Waals surface area (Å²) in [4.78, 5) is 67.1. The van der Waals surface area contributed by atoms with E-state index in [4.69, 9.17) is 10.8 Å². The Kier molecular flexibility index (Phi) is 12.1. The van der Waals surface area contributed by atoms with Gasteiger partial charge in [-0.1, -0.05) is 13.8 Å². The highest BCUT2D eigenvalue weighted by Gasteiger charge is 2.31. The number of thiol groups is 1. The molecule has 0 radical (unpaired) electrons. The summed E-state index contributed by atoms with van der Waals surface area (Å²) >= 11 is 3.93. The minimum absolute atomic E-state index is 0.00436. The molecule has 190 valence electrons. The van der Waals surface area contributed by atoms with E-state index in [0.717, 1.165) is 0 Å².